The second kappa shape index (κ2) is 7.72. The van der Waals surface area contributed by atoms with Gasteiger partial charge >= 0.3 is 5.97 Å². The topological polar surface area (TPSA) is 97.4 Å². The van der Waals surface area contributed by atoms with Gasteiger partial charge in [0.1, 0.15) is 5.76 Å². The van der Waals surface area contributed by atoms with E-state index in [4.69, 9.17) is 9.63 Å². The van der Waals surface area contributed by atoms with Crippen molar-refractivity contribution in [1.82, 2.24) is 9.72 Å². The lowest BCUT2D eigenvalue weighted by Gasteiger charge is -2.09. The molecule has 146 valence electrons. The number of nitrogens with zero attached hydrogens (tertiary/aromatic N) is 2. The molecule has 28 heavy (non-hydrogen) atoms. The molecule has 0 spiro atoms. The molecule has 1 aromatic carbocycles. The Morgan fingerprint density at radius 2 is 1.86 bits per heavy atom. The van der Waals surface area contributed by atoms with E-state index in [0.717, 1.165) is 17.0 Å². The summed E-state index contributed by atoms with van der Waals surface area (Å²) >= 11 is 0. The molecule has 0 radical (unpaired) electrons. The molecular formula is C21H23N3O4. The Balaban J connectivity index is 1.76. The molecular weight excluding hydrogens is 358 g/mol. The van der Waals surface area contributed by atoms with Crippen LogP contribution in [0.1, 0.15) is 40.0 Å². The van der Waals surface area contributed by atoms with Crippen LogP contribution in [0.25, 0.3) is 5.82 Å². The summed E-state index contributed by atoms with van der Waals surface area (Å²) in [4.78, 5) is 23.7. The molecule has 0 aliphatic carbocycles. The predicted molar refractivity (Wildman–Crippen MR) is 105 cm³/mol. The summed E-state index contributed by atoms with van der Waals surface area (Å²) in [5.74, 6) is -0.151. The maximum Gasteiger partial charge on any atom is 0.306 e. The van der Waals surface area contributed by atoms with Gasteiger partial charge in [-0.15, -0.1) is 0 Å². The van der Waals surface area contributed by atoms with Crippen molar-refractivity contribution in [1.29, 1.82) is 0 Å². The van der Waals surface area contributed by atoms with Gasteiger partial charge in [0.15, 0.2) is 5.82 Å². The lowest BCUT2D eigenvalue weighted by molar-refractivity contribution is -0.141. The smallest absolute Gasteiger partial charge is 0.306 e. The van der Waals surface area contributed by atoms with Gasteiger partial charge in [0.05, 0.1) is 11.5 Å². The standard InChI is InChI=1S/C21H23N3O4/c1-12(21(26)27)9-16-5-7-17(8-6-16)22-20(25)18-10-13(2)24(15(18)4)19-11-14(3)28-23-19/h5-8,10-12H,9H2,1-4H3,(H,22,25)(H,26,27). The number of carbonyl (C=O) groups is 2. The molecule has 7 nitrogen and oxygen atoms in total. The molecule has 0 saturated carbocycles. The first-order valence-electron chi connectivity index (χ1n) is 9.02. The third-order valence-corrected chi connectivity index (χ3v) is 4.70. The molecule has 0 aliphatic heterocycles. The molecule has 0 bridgehead atoms. The van der Waals surface area contributed by atoms with E-state index < -0.39 is 11.9 Å². The van der Waals surface area contributed by atoms with Gasteiger partial charge in [-0.3, -0.25) is 14.2 Å². The third-order valence-electron chi connectivity index (χ3n) is 4.70. The number of hydrogen-bond donors (Lipinski definition) is 2. The maximum absolute atomic E-state index is 12.7. The molecule has 1 unspecified atom stereocenters. The van der Waals surface area contributed by atoms with Crippen LogP contribution in [-0.4, -0.2) is 26.7 Å². The Morgan fingerprint density at radius 1 is 1.18 bits per heavy atom. The Kier molecular flexibility index (Phi) is 5.35. The van der Waals surface area contributed by atoms with Crippen LogP contribution in [-0.2, 0) is 11.2 Å². The highest BCUT2D eigenvalue weighted by Gasteiger charge is 2.18. The summed E-state index contributed by atoms with van der Waals surface area (Å²) in [5, 5.41) is 15.9. The van der Waals surface area contributed by atoms with Crippen molar-refractivity contribution in [3.05, 3.63) is 64.7 Å². The zero-order valence-electron chi connectivity index (χ0n) is 16.3. The number of nitrogens with one attached hydrogen (secondary N) is 1. The van der Waals surface area contributed by atoms with Crippen molar-refractivity contribution in [3.63, 3.8) is 0 Å². The Bertz CT molecular complexity index is 1010. The number of aliphatic carboxylic acids is 1. The molecule has 0 fully saturated rings. The first-order chi connectivity index (χ1) is 13.3. The minimum Gasteiger partial charge on any atom is -0.481 e. The summed E-state index contributed by atoms with van der Waals surface area (Å²) in [6.45, 7) is 7.26. The van der Waals surface area contributed by atoms with Gasteiger partial charge in [-0.05, 0) is 51.0 Å². The van der Waals surface area contributed by atoms with E-state index in [1.807, 2.05) is 49.6 Å². The number of benzene rings is 1. The first kappa shape index (κ1) is 19.4. The molecule has 2 aromatic heterocycles. The number of carbonyl (C=O) groups excluding carboxylic acids is 1. The highest BCUT2D eigenvalue weighted by Crippen LogP contribution is 2.22. The van der Waals surface area contributed by atoms with Crippen molar-refractivity contribution < 1.29 is 19.2 Å². The number of carboxylic acid groups (broad SMARTS) is 1. The molecule has 1 atom stereocenters. The summed E-state index contributed by atoms with van der Waals surface area (Å²) in [6, 6.07) is 10.9. The van der Waals surface area contributed by atoms with Gasteiger partial charge in [-0.2, -0.15) is 0 Å². The van der Waals surface area contributed by atoms with Gasteiger partial charge < -0.3 is 14.9 Å². The SMILES string of the molecule is Cc1cc(-n2c(C)cc(C(=O)Nc3ccc(CC(C)C(=O)O)cc3)c2C)no1. The Hall–Kier alpha value is -3.35. The van der Waals surface area contributed by atoms with Crippen molar-refractivity contribution in [2.45, 2.75) is 34.1 Å². The quantitative estimate of drug-likeness (QED) is 0.675. The lowest BCUT2D eigenvalue weighted by Crippen LogP contribution is -2.14. The van der Waals surface area contributed by atoms with Crippen molar-refractivity contribution in [2.24, 2.45) is 5.92 Å². The number of amides is 1. The van der Waals surface area contributed by atoms with E-state index in [1.54, 1.807) is 19.1 Å². The summed E-state index contributed by atoms with van der Waals surface area (Å²) in [7, 11) is 0. The van der Waals surface area contributed by atoms with Crippen molar-refractivity contribution in [3.8, 4) is 5.82 Å². The lowest BCUT2D eigenvalue weighted by atomic mass is 10.0. The van der Waals surface area contributed by atoms with Crippen LogP contribution in [0.4, 0.5) is 5.69 Å². The predicted octanol–water partition coefficient (Wildman–Crippen LogP) is 3.91. The van der Waals surface area contributed by atoms with Crippen LogP contribution in [0.15, 0.2) is 40.9 Å². The highest BCUT2D eigenvalue weighted by atomic mass is 16.5. The maximum atomic E-state index is 12.7. The number of carboxylic acids is 1. The number of anilines is 1. The Morgan fingerprint density at radius 3 is 2.43 bits per heavy atom. The zero-order valence-corrected chi connectivity index (χ0v) is 16.3. The number of aromatic nitrogens is 2. The van der Waals surface area contributed by atoms with Gasteiger partial charge in [-0.25, -0.2) is 0 Å². The van der Waals surface area contributed by atoms with Gasteiger partial charge in [0, 0.05) is 23.1 Å². The van der Waals surface area contributed by atoms with E-state index in [-0.39, 0.29) is 5.91 Å². The number of hydrogen-bond acceptors (Lipinski definition) is 4. The molecule has 0 aliphatic rings. The van der Waals surface area contributed by atoms with Gasteiger partial charge in [0.25, 0.3) is 5.91 Å². The summed E-state index contributed by atoms with van der Waals surface area (Å²) in [6.07, 6.45) is 0.446. The fourth-order valence-corrected chi connectivity index (χ4v) is 3.17. The second-order valence-electron chi connectivity index (χ2n) is 7.01. The van der Waals surface area contributed by atoms with Crippen LogP contribution in [0.5, 0.6) is 0 Å². The van der Waals surface area contributed by atoms with E-state index in [0.29, 0.717) is 29.2 Å². The molecule has 1 amide bonds. The fraction of sp³-hybridized carbons (Fsp3) is 0.286. The number of rotatable bonds is 6. The monoisotopic (exact) mass is 381 g/mol. The second-order valence-corrected chi connectivity index (χ2v) is 7.01. The molecule has 2 heterocycles. The highest BCUT2D eigenvalue weighted by molar-refractivity contribution is 6.05. The average Bonchev–Trinajstić information content (AvgIpc) is 3.19. The van der Waals surface area contributed by atoms with E-state index in [1.165, 1.54) is 0 Å². The molecule has 2 N–H and O–H groups in total. The van der Waals surface area contributed by atoms with Crippen LogP contribution in [0.2, 0.25) is 0 Å². The number of aryl methyl sites for hydroxylation is 2. The van der Waals surface area contributed by atoms with Crippen LogP contribution in [0, 0.1) is 26.7 Å². The largest absolute Gasteiger partial charge is 0.481 e. The van der Waals surface area contributed by atoms with E-state index in [9.17, 15) is 9.59 Å². The molecule has 0 saturated heterocycles. The Labute approximate surface area is 163 Å². The molecule has 3 rings (SSSR count). The van der Waals surface area contributed by atoms with E-state index in [2.05, 4.69) is 10.5 Å². The molecule has 7 heteroatoms. The van der Waals surface area contributed by atoms with E-state index >= 15 is 0 Å². The van der Waals surface area contributed by atoms with Crippen molar-refractivity contribution >= 4 is 17.6 Å². The van der Waals surface area contributed by atoms with Gasteiger partial charge in [-0.1, -0.05) is 24.2 Å². The average molecular weight is 381 g/mol. The van der Waals surface area contributed by atoms with Crippen molar-refractivity contribution in [2.75, 3.05) is 5.32 Å². The molecule has 3 aromatic rings. The first-order valence-corrected chi connectivity index (χ1v) is 9.02. The fourth-order valence-electron chi connectivity index (χ4n) is 3.17. The summed E-state index contributed by atoms with van der Waals surface area (Å²) in [5.41, 5.74) is 3.78. The third kappa shape index (κ3) is 3.98. The van der Waals surface area contributed by atoms with Crippen LogP contribution in [0.3, 0.4) is 0 Å². The zero-order chi connectivity index (χ0) is 20.4. The summed E-state index contributed by atoms with van der Waals surface area (Å²) < 4.78 is 7.02. The minimum absolute atomic E-state index is 0.216. The normalized spacial score (nSPS) is 12.0. The minimum atomic E-state index is -0.824. The van der Waals surface area contributed by atoms with Crippen LogP contribution >= 0.6 is 0 Å². The van der Waals surface area contributed by atoms with Crippen LogP contribution < -0.4 is 5.32 Å². The van der Waals surface area contributed by atoms with Gasteiger partial charge in [0.2, 0.25) is 0 Å².